The molecular formula is C16H26BrN. The van der Waals surface area contributed by atoms with Gasteiger partial charge in [-0.1, -0.05) is 55.8 Å². The van der Waals surface area contributed by atoms with Gasteiger partial charge in [0, 0.05) is 10.5 Å². The van der Waals surface area contributed by atoms with Crippen molar-refractivity contribution in [3.05, 3.63) is 33.8 Å². The lowest BCUT2D eigenvalue weighted by Crippen LogP contribution is -2.23. The van der Waals surface area contributed by atoms with Crippen molar-refractivity contribution in [2.75, 3.05) is 6.54 Å². The predicted octanol–water partition coefficient (Wildman–Crippen LogP) is 5.23. The first-order valence-electron chi connectivity index (χ1n) is 6.83. The SMILES string of the molecule is CCNC(CCC(C)(C)C)c1cccc(Br)c1C. The summed E-state index contributed by atoms with van der Waals surface area (Å²) in [5.74, 6) is 0. The van der Waals surface area contributed by atoms with E-state index in [4.69, 9.17) is 0 Å². The van der Waals surface area contributed by atoms with Crippen LogP contribution in [0.1, 0.15) is 57.7 Å². The fraction of sp³-hybridized carbons (Fsp3) is 0.625. The normalized spacial score (nSPS) is 13.7. The van der Waals surface area contributed by atoms with Crippen LogP contribution in [0.2, 0.25) is 0 Å². The van der Waals surface area contributed by atoms with Crippen molar-refractivity contribution < 1.29 is 0 Å². The Kier molecular flexibility index (Phi) is 5.87. The van der Waals surface area contributed by atoms with Crippen LogP contribution in [0.25, 0.3) is 0 Å². The largest absolute Gasteiger partial charge is 0.310 e. The van der Waals surface area contributed by atoms with Crippen molar-refractivity contribution in [3.8, 4) is 0 Å². The molecule has 0 aliphatic carbocycles. The molecule has 18 heavy (non-hydrogen) atoms. The fourth-order valence-electron chi connectivity index (χ4n) is 2.19. The minimum absolute atomic E-state index is 0.396. The van der Waals surface area contributed by atoms with Crippen LogP contribution in [0.5, 0.6) is 0 Å². The molecule has 0 fully saturated rings. The molecule has 1 aromatic carbocycles. The van der Waals surface area contributed by atoms with Gasteiger partial charge in [-0.25, -0.2) is 0 Å². The molecule has 0 bridgehead atoms. The molecule has 0 aliphatic heterocycles. The van der Waals surface area contributed by atoms with E-state index in [0.29, 0.717) is 11.5 Å². The highest BCUT2D eigenvalue weighted by molar-refractivity contribution is 9.10. The van der Waals surface area contributed by atoms with E-state index in [1.165, 1.54) is 28.4 Å². The van der Waals surface area contributed by atoms with Gasteiger partial charge in [0.1, 0.15) is 0 Å². The summed E-state index contributed by atoms with van der Waals surface area (Å²) >= 11 is 3.63. The molecule has 0 aromatic heterocycles. The summed E-state index contributed by atoms with van der Waals surface area (Å²) in [6.07, 6.45) is 2.42. The summed E-state index contributed by atoms with van der Waals surface area (Å²) in [5, 5.41) is 3.62. The van der Waals surface area contributed by atoms with E-state index in [2.05, 4.69) is 74.1 Å². The summed E-state index contributed by atoms with van der Waals surface area (Å²) in [5.41, 5.74) is 3.18. The van der Waals surface area contributed by atoms with Crippen molar-refractivity contribution in [2.45, 2.75) is 53.5 Å². The first kappa shape index (κ1) is 15.7. The van der Waals surface area contributed by atoms with Crippen molar-refractivity contribution in [1.29, 1.82) is 0 Å². The molecular weight excluding hydrogens is 286 g/mol. The summed E-state index contributed by atoms with van der Waals surface area (Å²) in [7, 11) is 0. The van der Waals surface area contributed by atoms with E-state index in [0.717, 1.165) is 6.54 Å². The van der Waals surface area contributed by atoms with E-state index in [9.17, 15) is 0 Å². The van der Waals surface area contributed by atoms with E-state index in [1.54, 1.807) is 0 Å². The molecule has 0 saturated carbocycles. The fourth-order valence-corrected chi connectivity index (χ4v) is 2.57. The molecule has 1 atom stereocenters. The van der Waals surface area contributed by atoms with E-state index in [1.807, 2.05) is 0 Å². The van der Waals surface area contributed by atoms with Crippen LogP contribution >= 0.6 is 15.9 Å². The third kappa shape index (κ3) is 4.74. The van der Waals surface area contributed by atoms with Gasteiger partial charge in [-0.15, -0.1) is 0 Å². The molecule has 0 spiro atoms. The van der Waals surface area contributed by atoms with Gasteiger partial charge in [-0.3, -0.25) is 0 Å². The van der Waals surface area contributed by atoms with E-state index >= 15 is 0 Å². The summed E-state index contributed by atoms with van der Waals surface area (Å²) in [4.78, 5) is 0. The Bertz CT molecular complexity index is 379. The molecule has 0 saturated heterocycles. The standard InChI is InChI=1S/C16H26BrN/c1-6-18-15(10-11-16(3,4)5)13-8-7-9-14(17)12(13)2/h7-9,15,18H,6,10-11H2,1-5H3. The number of nitrogens with one attached hydrogen (secondary N) is 1. The van der Waals surface area contributed by atoms with Crippen molar-refractivity contribution in [1.82, 2.24) is 5.32 Å². The Balaban J connectivity index is 2.87. The van der Waals surface area contributed by atoms with Crippen LogP contribution in [0, 0.1) is 12.3 Å². The molecule has 1 N–H and O–H groups in total. The number of hydrogen-bond acceptors (Lipinski definition) is 1. The average molecular weight is 312 g/mol. The topological polar surface area (TPSA) is 12.0 Å². The zero-order chi connectivity index (χ0) is 13.8. The Morgan fingerprint density at radius 3 is 2.50 bits per heavy atom. The van der Waals surface area contributed by atoms with Crippen LogP contribution in [0.15, 0.2) is 22.7 Å². The first-order chi connectivity index (χ1) is 8.35. The molecule has 1 unspecified atom stereocenters. The minimum Gasteiger partial charge on any atom is -0.310 e. The Morgan fingerprint density at radius 1 is 1.28 bits per heavy atom. The maximum absolute atomic E-state index is 3.63. The highest BCUT2D eigenvalue weighted by Crippen LogP contribution is 2.31. The molecule has 102 valence electrons. The summed E-state index contributed by atoms with van der Waals surface area (Å²) in [6.45, 7) is 12.3. The van der Waals surface area contributed by atoms with E-state index < -0.39 is 0 Å². The van der Waals surface area contributed by atoms with Gasteiger partial charge in [-0.05, 0) is 48.9 Å². The highest BCUT2D eigenvalue weighted by atomic mass is 79.9. The zero-order valence-electron chi connectivity index (χ0n) is 12.3. The molecule has 0 amide bonds. The van der Waals surface area contributed by atoms with Crippen molar-refractivity contribution in [3.63, 3.8) is 0 Å². The molecule has 1 rings (SSSR count). The molecule has 1 nitrogen and oxygen atoms in total. The van der Waals surface area contributed by atoms with Crippen LogP contribution in [-0.4, -0.2) is 6.54 Å². The van der Waals surface area contributed by atoms with Crippen LogP contribution in [0.3, 0.4) is 0 Å². The molecule has 0 radical (unpaired) electrons. The lowest BCUT2D eigenvalue weighted by atomic mass is 9.86. The van der Waals surface area contributed by atoms with Crippen molar-refractivity contribution in [2.24, 2.45) is 5.41 Å². The van der Waals surface area contributed by atoms with Gasteiger partial charge >= 0.3 is 0 Å². The second-order valence-electron chi connectivity index (χ2n) is 6.16. The van der Waals surface area contributed by atoms with Gasteiger partial charge in [-0.2, -0.15) is 0 Å². The highest BCUT2D eigenvalue weighted by Gasteiger charge is 2.18. The predicted molar refractivity (Wildman–Crippen MR) is 84.0 cm³/mol. The lowest BCUT2D eigenvalue weighted by Gasteiger charge is -2.25. The second-order valence-corrected chi connectivity index (χ2v) is 7.02. The van der Waals surface area contributed by atoms with Crippen LogP contribution in [-0.2, 0) is 0 Å². The maximum atomic E-state index is 3.63. The first-order valence-corrected chi connectivity index (χ1v) is 7.63. The molecule has 0 heterocycles. The summed E-state index contributed by atoms with van der Waals surface area (Å²) < 4.78 is 1.21. The van der Waals surface area contributed by atoms with E-state index in [-0.39, 0.29) is 0 Å². The second kappa shape index (κ2) is 6.72. The van der Waals surface area contributed by atoms with Gasteiger partial charge < -0.3 is 5.32 Å². The Hall–Kier alpha value is -0.340. The average Bonchev–Trinajstić information content (AvgIpc) is 2.27. The monoisotopic (exact) mass is 311 g/mol. The molecule has 1 aromatic rings. The quantitative estimate of drug-likeness (QED) is 0.784. The van der Waals surface area contributed by atoms with Gasteiger partial charge in [0.2, 0.25) is 0 Å². The van der Waals surface area contributed by atoms with Gasteiger partial charge in [0.05, 0.1) is 0 Å². The van der Waals surface area contributed by atoms with Gasteiger partial charge in [0.25, 0.3) is 0 Å². The van der Waals surface area contributed by atoms with Crippen molar-refractivity contribution >= 4 is 15.9 Å². The minimum atomic E-state index is 0.396. The molecule has 2 heteroatoms. The number of halogens is 1. The number of benzene rings is 1. The van der Waals surface area contributed by atoms with Crippen LogP contribution in [0.4, 0.5) is 0 Å². The molecule has 0 aliphatic rings. The Labute approximate surface area is 120 Å². The zero-order valence-corrected chi connectivity index (χ0v) is 13.9. The Morgan fingerprint density at radius 2 is 1.94 bits per heavy atom. The maximum Gasteiger partial charge on any atom is 0.0323 e. The lowest BCUT2D eigenvalue weighted by molar-refractivity contribution is 0.333. The smallest absolute Gasteiger partial charge is 0.0323 e. The number of rotatable bonds is 5. The van der Waals surface area contributed by atoms with Crippen LogP contribution < -0.4 is 5.32 Å². The summed E-state index contributed by atoms with van der Waals surface area (Å²) in [6, 6.07) is 6.96. The van der Waals surface area contributed by atoms with Gasteiger partial charge in [0.15, 0.2) is 0 Å². The third-order valence-corrected chi connectivity index (χ3v) is 4.18. The third-order valence-electron chi connectivity index (χ3n) is 3.32. The number of hydrogen-bond donors (Lipinski definition) is 1.